The number of aliphatic hydroxyl groups excluding tert-OH is 1. The van der Waals surface area contributed by atoms with Gasteiger partial charge < -0.3 is 15.9 Å². The third-order valence-electron chi connectivity index (χ3n) is 1.17. The highest BCUT2D eigenvalue weighted by atomic mass is 16.4. The lowest BCUT2D eigenvalue weighted by Crippen LogP contribution is -2.33. The molecule has 0 rings (SSSR count). The predicted molar refractivity (Wildman–Crippen MR) is 36.9 cm³/mol. The van der Waals surface area contributed by atoms with Crippen molar-refractivity contribution in [3.05, 3.63) is 0 Å². The summed E-state index contributed by atoms with van der Waals surface area (Å²) >= 11 is 0. The molecule has 0 saturated heterocycles. The van der Waals surface area contributed by atoms with Gasteiger partial charge in [-0.05, 0) is 0 Å². The topological polar surface area (TPSA) is 101 Å². The van der Waals surface area contributed by atoms with Gasteiger partial charge >= 0.3 is 5.97 Å². The summed E-state index contributed by atoms with van der Waals surface area (Å²) in [6, 6.07) is -0.986. The summed E-state index contributed by atoms with van der Waals surface area (Å²) in [5.41, 5.74) is 5.16. The molecule has 0 aromatic heterocycles. The summed E-state index contributed by atoms with van der Waals surface area (Å²) in [6.45, 7) is -0.286. The molecule has 0 aliphatic rings. The van der Waals surface area contributed by atoms with E-state index >= 15 is 0 Å². The Kier molecular flexibility index (Phi) is 4.40. The summed E-state index contributed by atoms with van der Waals surface area (Å²) in [5.74, 6) is -1.53. The fourth-order valence-electron chi connectivity index (χ4n) is 0.598. The number of aliphatic carboxylic acids is 1. The molecule has 0 saturated carbocycles. The van der Waals surface area contributed by atoms with Gasteiger partial charge in [0.15, 0.2) is 5.78 Å². The van der Waals surface area contributed by atoms with Crippen LogP contribution in [0.15, 0.2) is 0 Å². The van der Waals surface area contributed by atoms with Gasteiger partial charge in [-0.25, -0.2) is 0 Å². The van der Waals surface area contributed by atoms with Crippen LogP contribution in [0.3, 0.4) is 0 Å². The van der Waals surface area contributed by atoms with Crippen LogP contribution in [0.25, 0.3) is 0 Å². The number of hydrogen-bond donors (Lipinski definition) is 3. The normalized spacial score (nSPS) is 12.5. The van der Waals surface area contributed by atoms with Gasteiger partial charge in [-0.1, -0.05) is 0 Å². The number of carboxylic acids is 1. The molecule has 1 atom stereocenters. The van der Waals surface area contributed by atoms with Gasteiger partial charge in [-0.15, -0.1) is 0 Å². The molecule has 11 heavy (non-hydrogen) atoms. The van der Waals surface area contributed by atoms with Crippen molar-refractivity contribution in [2.75, 3.05) is 6.61 Å². The van der Waals surface area contributed by atoms with E-state index in [0.717, 1.165) is 0 Å². The maximum Gasteiger partial charge on any atom is 0.305 e. The Labute approximate surface area is 63.8 Å². The second-order valence-corrected chi connectivity index (χ2v) is 2.14. The number of Topliss-reactive ketones (excluding diaryl/α,β-unsaturated/α-hetero) is 1. The van der Waals surface area contributed by atoms with E-state index in [-0.39, 0.29) is 19.4 Å². The number of carbonyl (C=O) groups is 2. The van der Waals surface area contributed by atoms with Gasteiger partial charge in [-0.3, -0.25) is 9.59 Å². The number of carbonyl (C=O) groups excluding carboxylic acids is 1. The smallest absolute Gasteiger partial charge is 0.305 e. The van der Waals surface area contributed by atoms with E-state index in [0.29, 0.717) is 0 Å². The molecule has 5 nitrogen and oxygen atoms in total. The first-order chi connectivity index (χ1) is 5.07. The van der Waals surface area contributed by atoms with Crippen molar-refractivity contribution < 1.29 is 19.8 Å². The maximum atomic E-state index is 10.7. The monoisotopic (exact) mass is 161 g/mol. The fraction of sp³-hybridized carbons (Fsp3) is 0.667. The summed E-state index contributed by atoms with van der Waals surface area (Å²) in [5, 5.41) is 16.5. The van der Waals surface area contributed by atoms with E-state index in [1.54, 1.807) is 0 Å². The maximum absolute atomic E-state index is 10.7. The van der Waals surface area contributed by atoms with Crippen LogP contribution in [-0.2, 0) is 9.59 Å². The van der Waals surface area contributed by atoms with Crippen molar-refractivity contribution in [2.24, 2.45) is 5.73 Å². The van der Waals surface area contributed by atoms with Crippen molar-refractivity contribution in [3.63, 3.8) is 0 Å². The highest BCUT2D eigenvalue weighted by molar-refractivity contribution is 5.87. The largest absolute Gasteiger partial charge is 0.481 e. The van der Waals surface area contributed by atoms with Gasteiger partial charge in [0, 0.05) is 6.42 Å². The number of rotatable bonds is 5. The minimum absolute atomic E-state index is 0.0750. The van der Waals surface area contributed by atoms with Crippen molar-refractivity contribution >= 4 is 11.8 Å². The van der Waals surface area contributed by atoms with Crippen LogP contribution in [0, 0.1) is 0 Å². The Morgan fingerprint density at radius 3 is 2.36 bits per heavy atom. The van der Waals surface area contributed by atoms with Crippen LogP contribution in [-0.4, -0.2) is 34.6 Å². The lowest BCUT2D eigenvalue weighted by Gasteiger charge is -2.04. The zero-order valence-corrected chi connectivity index (χ0v) is 5.99. The second kappa shape index (κ2) is 4.81. The number of hydrogen-bond acceptors (Lipinski definition) is 4. The molecule has 0 bridgehead atoms. The second-order valence-electron chi connectivity index (χ2n) is 2.14. The Balaban J connectivity index is 3.73. The van der Waals surface area contributed by atoms with Crippen LogP contribution >= 0.6 is 0 Å². The Hall–Kier alpha value is -0.940. The van der Waals surface area contributed by atoms with Crippen LogP contribution < -0.4 is 5.73 Å². The van der Waals surface area contributed by atoms with Crippen LogP contribution in [0.1, 0.15) is 12.8 Å². The lowest BCUT2D eigenvalue weighted by molar-refractivity contribution is -0.139. The van der Waals surface area contributed by atoms with E-state index in [1.807, 2.05) is 0 Å². The number of nitrogens with two attached hydrogens (primary N) is 1. The Morgan fingerprint density at radius 1 is 1.45 bits per heavy atom. The molecule has 0 heterocycles. The summed E-state index contributed by atoms with van der Waals surface area (Å²) in [7, 11) is 0. The summed E-state index contributed by atoms with van der Waals surface area (Å²) < 4.78 is 0. The van der Waals surface area contributed by atoms with Crippen LogP contribution in [0.5, 0.6) is 0 Å². The molecular weight excluding hydrogens is 150 g/mol. The van der Waals surface area contributed by atoms with Gasteiger partial charge in [0.1, 0.15) is 0 Å². The molecule has 5 heteroatoms. The van der Waals surface area contributed by atoms with Crippen molar-refractivity contribution in [3.8, 4) is 0 Å². The SMILES string of the molecule is N[C@H](CC(=O)O)C(=O)CCO. The van der Waals surface area contributed by atoms with Crippen molar-refractivity contribution in [1.82, 2.24) is 0 Å². The minimum Gasteiger partial charge on any atom is -0.481 e. The lowest BCUT2D eigenvalue weighted by atomic mass is 10.1. The van der Waals surface area contributed by atoms with Crippen LogP contribution in [0.2, 0.25) is 0 Å². The molecule has 0 radical (unpaired) electrons. The summed E-state index contributed by atoms with van der Waals surface area (Å²) in [6.07, 6.45) is -0.451. The molecule has 0 aromatic carbocycles. The first-order valence-electron chi connectivity index (χ1n) is 3.19. The average Bonchev–Trinajstić information content (AvgIpc) is 1.86. The summed E-state index contributed by atoms with van der Waals surface area (Å²) in [4.78, 5) is 20.8. The van der Waals surface area contributed by atoms with E-state index in [2.05, 4.69) is 0 Å². The van der Waals surface area contributed by atoms with Gasteiger partial charge in [0.05, 0.1) is 19.1 Å². The molecule has 0 aromatic rings. The Bertz CT molecular complexity index is 157. The first kappa shape index (κ1) is 10.1. The van der Waals surface area contributed by atoms with Gasteiger partial charge in [0.25, 0.3) is 0 Å². The molecule has 4 N–H and O–H groups in total. The zero-order valence-electron chi connectivity index (χ0n) is 5.99. The molecule has 64 valence electrons. The average molecular weight is 161 g/mol. The predicted octanol–water partition coefficient (Wildman–Crippen LogP) is -1.26. The third-order valence-corrected chi connectivity index (χ3v) is 1.17. The molecule has 0 amide bonds. The quantitative estimate of drug-likeness (QED) is 0.467. The molecule has 0 aliphatic carbocycles. The number of aliphatic hydroxyl groups is 1. The molecule has 0 fully saturated rings. The van der Waals surface area contributed by atoms with Gasteiger partial charge in [0.2, 0.25) is 0 Å². The molecule has 0 aliphatic heterocycles. The first-order valence-corrected chi connectivity index (χ1v) is 3.19. The van der Waals surface area contributed by atoms with Gasteiger partial charge in [-0.2, -0.15) is 0 Å². The van der Waals surface area contributed by atoms with Crippen LogP contribution in [0.4, 0.5) is 0 Å². The number of ketones is 1. The Morgan fingerprint density at radius 2 is 2.00 bits per heavy atom. The standard InChI is InChI=1S/C6H11NO4/c7-4(3-6(10)11)5(9)1-2-8/h4,8H,1-3,7H2,(H,10,11)/t4-/m1/s1. The highest BCUT2D eigenvalue weighted by Gasteiger charge is 2.15. The van der Waals surface area contributed by atoms with E-state index in [9.17, 15) is 9.59 Å². The molecule has 0 unspecified atom stereocenters. The van der Waals surface area contributed by atoms with E-state index in [1.165, 1.54) is 0 Å². The van der Waals surface area contributed by atoms with Crippen molar-refractivity contribution in [2.45, 2.75) is 18.9 Å². The third kappa shape index (κ3) is 4.46. The minimum atomic E-state index is -1.11. The zero-order chi connectivity index (χ0) is 8.85. The van der Waals surface area contributed by atoms with Crippen molar-refractivity contribution in [1.29, 1.82) is 0 Å². The number of carboxylic acid groups (broad SMARTS) is 1. The van der Waals surface area contributed by atoms with E-state index in [4.69, 9.17) is 15.9 Å². The van der Waals surface area contributed by atoms with E-state index < -0.39 is 17.8 Å². The highest BCUT2D eigenvalue weighted by Crippen LogP contribution is 1.93. The molecule has 0 spiro atoms. The molecular formula is C6H11NO4. The fourth-order valence-corrected chi connectivity index (χ4v) is 0.598.